The van der Waals surface area contributed by atoms with E-state index >= 15 is 0 Å². The predicted octanol–water partition coefficient (Wildman–Crippen LogP) is 1.04. The molecule has 0 saturated carbocycles. The maximum atomic E-state index is 13.5. The zero-order valence-electron chi connectivity index (χ0n) is 27.3. The van der Waals surface area contributed by atoms with E-state index in [9.17, 15) is 19.2 Å². The normalized spacial score (nSPS) is 17.0. The number of carbonyl (C=O) groups excluding carboxylic acids is 4. The lowest BCUT2D eigenvalue weighted by Crippen LogP contribution is -2.50. The number of hydrogen-bond acceptors (Lipinski definition) is 11. The molecule has 0 aromatic carbocycles. The summed E-state index contributed by atoms with van der Waals surface area (Å²) < 4.78 is 15.6. The van der Waals surface area contributed by atoms with Gasteiger partial charge >= 0.3 is 17.9 Å². The van der Waals surface area contributed by atoms with Crippen molar-refractivity contribution in [1.82, 2.24) is 24.5 Å². The minimum atomic E-state index is -0.310. The number of amides is 1. The number of carbonyl (C=O) groups is 4. The Hall–Kier alpha value is -2.28. The van der Waals surface area contributed by atoms with Gasteiger partial charge in [0.05, 0.1) is 46.0 Å². The highest BCUT2D eigenvalue weighted by Gasteiger charge is 2.24. The standard InChI is InChI=1S/C30H57N5O7/c1-8-40-28(37)22-32-13-11-31(21-27(36)35(19-25(4)5)20-26(6)7)12-14-33(23-29(38)41-9-2)16-18-34(17-15-32)24-30(39)42-10-3/h25-26H,8-24H2,1-7H3. The van der Waals surface area contributed by atoms with Crippen molar-refractivity contribution in [2.75, 3.05) is 111 Å². The fourth-order valence-corrected chi connectivity index (χ4v) is 4.83. The smallest absolute Gasteiger partial charge is 0.320 e. The van der Waals surface area contributed by atoms with E-state index in [4.69, 9.17) is 14.2 Å². The van der Waals surface area contributed by atoms with E-state index in [1.807, 2.05) is 19.6 Å². The van der Waals surface area contributed by atoms with Crippen LogP contribution in [0.15, 0.2) is 0 Å². The van der Waals surface area contributed by atoms with Crippen LogP contribution in [0.5, 0.6) is 0 Å². The van der Waals surface area contributed by atoms with E-state index in [0.717, 1.165) is 0 Å². The van der Waals surface area contributed by atoms with Gasteiger partial charge in [0.25, 0.3) is 0 Å². The van der Waals surface area contributed by atoms with Gasteiger partial charge in [-0.1, -0.05) is 27.7 Å². The summed E-state index contributed by atoms with van der Waals surface area (Å²) in [7, 11) is 0. The second-order valence-electron chi connectivity index (χ2n) is 11.6. The van der Waals surface area contributed by atoms with Crippen molar-refractivity contribution in [1.29, 1.82) is 0 Å². The van der Waals surface area contributed by atoms with Gasteiger partial charge in [0.15, 0.2) is 0 Å². The first kappa shape index (κ1) is 37.7. The maximum Gasteiger partial charge on any atom is 0.320 e. The van der Waals surface area contributed by atoms with Gasteiger partial charge in [-0.2, -0.15) is 0 Å². The zero-order chi connectivity index (χ0) is 31.5. The topological polar surface area (TPSA) is 112 Å². The summed E-state index contributed by atoms with van der Waals surface area (Å²) >= 11 is 0. The molecule has 12 nitrogen and oxygen atoms in total. The Kier molecular flexibility index (Phi) is 19.2. The lowest BCUT2D eigenvalue weighted by atomic mass is 10.1. The van der Waals surface area contributed by atoms with Crippen molar-refractivity contribution in [3.63, 3.8) is 0 Å². The van der Waals surface area contributed by atoms with Crippen LogP contribution in [0.4, 0.5) is 0 Å². The highest BCUT2D eigenvalue weighted by molar-refractivity contribution is 5.78. The molecule has 12 heteroatoms. The Labute approximate surface area is 253 Å². The van der Waals surface area contributed by atoms with E-state index in [1.165, 1.54) is 0 Å². The van der Waals surface area contributed by atoms with Gasteiger partial charge in [-0.05, 0) is 32.6 Å². The zero-order valence-corrected chi connectivity index (χ0v) is 27.3. The highest BCUT2D eigenvalue weighted by atomic mass is 16.5. The molecule has 0 unspecified atom stereocenters. The van der Waals surface area contributed by atoms with Crippen LogP contribution in [0.1, 0.15) is 48.5 Å². The Morgan fingerprint density at radius 3 is 1.02 bits per heavy atom. The summed E-state index contributed by atoms with van der Waals surface area (Å²) in [6.07, 6.45) is 0. The molecule has 1 heterocycles. The summed E-state index contributed by atoms with van der Waals surface area (Å²) in [6, 6.07) is 0. The van der Waals surface area contributed by atoms with Crippen molar-refractivity contribution < 1.29 is 33.4 Å². The molecule has 0 N–H and O–H groups in total. The molecule has 1 saturated heterocycles. The number of hydrogen-bond donors (Lipinski definition) is 0. The molecule has 1 aliphatic rings. The van der Waals surface area contributed by atoms with Crippen LogP contribution in [0.25, 0.3) is 0 Å². The van der Waals surface area contributed by atoms with E-state index in [2.05, 4.69) is 32.6 Å². The van der Waals surface area contributed by atoms with Crippen molar-refractivity contribution in [2.45, 2.75) is 48.5 Å². The first-order chi connectivity index (χ1) is 20.0. The fourth-order valence-electron chi connectivity index (χ4n) is 4.83. The lowest BCUT2D eigenvalue weighted by Gasteiger charge is -2.34. The van der Waals surface area contributed by atoms with E-state index in [-0.39, 0.29) is 50.0 Å². The monoisotopic (exact) mass is 599 g/mol. The largest absolute Gasteiger partial charge is 0.465 e. The van der Waals surface area contributed by atoms with Gasteiger partial charge in [0.2, 0.25) is 5.91 Å². The van der Waals surface area contributed by atoms with Crippen molar-refractivity contribution in [3.05, 3.63) is 0 Å². The molecule has 0 aromatic heterocycles. The van der Waals surface area contributed by atoms with Crippen molar-refractivity contribution in [3.8, 4) is 0 Å². The molecule has 0 aromatic rings. The quantitative estimate of drug-likeness (QED) is 0.199. The molecule has 0 atom stereocenters. The van der Waals surface area contributed by atoms with Crippen LogP contribution in [-0.2, 0) is 33.4 Å². The summed E-state index contributed by atoms with van der Waals surface area (Å²) in [6.45, 7) is 21.1. The number of rotatable bonds is 15. The van der Waals surface area contributed by atoms with Gasteiger partial charge in [-0.25, -0.2) is 0 Å². The summed E-state index contributed by atoms with van der Waals surface area (Å²) in [5.41, 5.74) is 0. The molecule has 0 aliphatic carbocycles. The summed E-state index contributed by atoms with van der Waals surface area (Å²) in [5, 5.41) is 0. The van der Waals surface area contributed by atoms with Gasteiger partial charge < -0.3 is 19.1 Å². The van der Waals surface area contributed by atoms with E-state index < -0.39 is 0 Å². The van der Waals surface area contributed by atoms with Crippen LogP contribution in [0.2, 0.25) is 0 Å². The molecule has 1 aliphatic heterocycles. The Bertz CT molecular complexity index is 765. The third kappa shape index (κ3) is 17.0. The Morgan fingerprint density at radius 1 is 0.524 bits per heavy atom. The van der Waals surface area contributed by atoms with Crippen LogP contribution < -0.4 is 0 Å². The minimum Gasteiger partial charge on any atom is -0.465 e. The van der Waals surface area contributed by atoms with Crippen LogP contribution >= 0.6 is 0 Å². The van der Waals surface area contributed by atoms with E-state index in [0.29, 0.717) is 97.1 Å². The number of esters is 3. The minimum absolute atomic E-state index is 0.0824. The molecule has 1 fully saturated rings. The highest BCUT2D eigenvalue weighted by Crippen LogP contribution is 2.07. The number of ether oxygens (including phenoxy) is 3. The third-order valence-corrected chi connectivity index (χ3v) is 6.79. The van der Waals surface area contributed by atoms with Gasteiger partial charge in [0.1, 0.15) is 0 Å². The maximum absolute atomic E-state index is 13.5. The summed E-state index contributed by atoms with van der Waals surface area (Å²) in [5.74, 6) is -0.113. The van der Waals surface area contributed by atoms with Crippen molar-refractivity contribution in [2.24, 2.45) is 11.8 Å². The first-order valence-corrected chi connectivity index (χ1v) is 15.6. The number of nitrogens with zero attached hydrogens (tertiary/aromatic N) is 5. The summed E-state index contributed by atoms with van der Waals surface area (Å²) in [4.78, 5) is 60.7. The molecule has 42 heavy (non-hydrogen) atoms. The fraction of sp³-hybridized carbons (Fsp3) is 0.867. The van der Waals surface area contributed by atoms with E-state index in [1.54, 1.807) is 20.8 Å². The lowest BCUT2D eigenvalue weighted by molar-refractivity contribution is -0.146. The van der Waals surface area contributed by atoms with Gasteiger partial charge in [0, 0.05) is 65.4 Å². The Morgan fingerprint density at radius 2 is 0.786 bits per heavy atom. The SMILES string of the molecule is CCOC(=O)CN1CCN(CC(=O)OCC)CCN(CC(=O)N(CC(C)C)CC(C)C)CCN(CC(=O)OCC)CC1. The molecule has 0 bridgehead atoms. The average Bonchev–Trinajstić information content (AvgIpc) is 2.89. The second kappa shape index (κ2) is 21.4. The Balaban J connectivity index is 3.18. The van der Waals surface area contributed by atoms with Crippen LogP contribution in [0.3, 0.4) is 0 Å². The first-order valence-electron chi connectivity index (χ1n) is 15.6. The van der Waals surface area contributed by atoms with Gasteiger partial charge in [-0.3, -0.25) is 38.8 Å². The molecule has 244 valence electrons. The third-order valence-electron chi connectivity index (χ3n) is 6.79. The molecule has 1 amide bonds. The van der Waals surface area contributed by atoms with Crippen LogP contribution in [0, 0.1) is 11.8 Å². The average molecular weight is 600 g/mol. The predicted molar refractivity (Wildman–Crippen MR) is 162 cm³/mol. The van der Waals surface area contributed by atoms with Crippen LogP contribution in [-0.4, -0.2) is 160 Å². The molecule has 0 spiro atoms. The second-order valence-corrected chi connectivity index (χ2v) is 11.6. The molecular formula is C30H57N5O7. The van der Waals surface area contributed by atoms with Crippen molar-refractivity contribution >= 4 is 23.8 Å². The molecular weight excluding hydrogens is 542 g/mol. The molecule has 1 rings (SSSR count). The molecule has 0 radical (unpaired) electrons. The van der Waals surface area contributed by atoms with Gasteiger partial charge in [-0.15, -0.1) is 0 Å².